The van der Waals surface area contributed by atoms with Crippen molar-refractivity contribution in [2.45, 2.75) is 51.9 Å². The number of hydrogen-bond acceptors (Lipinski definition) is 8. The number of carbonyl (C=O) groups excluding carboxylic acids is 5. The number of carbonyl (C=O) groups is 5. The Hall–Kier alpha value is -4.41. The van der Waals surface area contributed by atoms with E-state index < -0.39 is 61.1 Å². The zero-order valence-corrected chi connectivity index (χ0v) is 21.7. The van der Waals surface area contributed by atoms with E-state index >= 15 is 0 Å². The Morgan fingerprint density at radius 2 is 1.21 bits per heavy atom. The number of amides is 3. The first-order valence-electron chi connectivity index (χ1n) is 11.9. The van der Waals surface area contributed by atoms with Crippen molar-refractivity contribution in [3.8, 4) is 0 Å². The van der Waals surface area contributed by atoms with E-state index in [0.717, 1.165) is 11.1 Å². The Morgan fingerprint density at radius 3 is 1.68 bits per heavy atom. The second kappa shape index (κ2) is 15.0. The van der Waals surface area contributed by atoms with Crippen molar-refractivity contribution >= 4 is 29.8 Å². The quantitative estimate of drug-likeness (QED) is 0.280. The maximum Gasteiger partial charge on any atom is 0.408 e. The van der Waals surface area contributed by atoms with Gasteiger partial charge in [0, 0.05) is 13.1 Å². The SMILES string of the molecule is CC(C)(C)OC(=O)NC(CC(=O)OCC(=O)NCc1ccccc1)C(=O)OCC(=O)NCc1ccccc1. The summed E-state index contributed by atoms with van der Waals surface area (Å²) in [4.78, 5) is 61.2. The lowest BCUT2D eigenvalue weighted by Crippen LogP contribution is -2.46. The van der Waals surface area contributed by atoms with Crippen molar-refractivity contribution in [3.05, 3.63) is 71.8 Å². The van der Waals surface area contributed by atoms with Crippen LogP contribution in [0.5, 0.6) is 0 Å². The van der Waals surface area contributed by atoms with Crippen LogP contribution in [-0.2, 0) is 46.5 Å². The van der Waals surface area contributed by atoms with Crippen LogP contribution in [0, 0.1) is 0 Å². The van der Waals surface area contributed by atoms with Crippen LogP contribution in [0.1, 0.15) is 38.3 Å². The monoisotopic (exact) mass is 527 g/mol. The Balaban J connectivity index is 1.86. The van der Waals surface area contributed by atoms with Crippen molar-refractivity contribution < 1.29 is 38.2 Å². The molecule has 2 rings (SSSR count). The van der Waals surface area contributed by atoms with Gasteiger partial charge in [-0.2, -0.15) is 0 Å². The summed E-state index contributed by atoms with van der Waals surface area (Å²) in [7, 11) is 0. The van der Waals surface area contributed by atoms with Crippen LogP contribution < -0.4 is 16.0 Å². The fraction of sp³-hybridized carbons (Fsp3) is 0.370. The van der Waals surface area contributed by atoms with Gasteiger partial charge in [-0.25, -0.2) is 9.59 Å². The molecule has 0 saturated carbocycles. The van der Waals surface area contributed by atoms with Gasteiger partial charge in [0.2, 0.25) is 0 Å². The number of alkyl carbamates (subject to hydrolysis) is 1. The van der Waals surface area contributed by atoms with E-state index in [0.29, 0.717) is 0 Å². The van der Waals surface area contributed by atoms with Crippen LogP contribution in [0.15, 0.2) is 60.7 Å². The minimum Gasteiger partial charge on any atom is -0.456 e. The number of ether oxygens (including phenoxy) is 3. The third kappa shape index (κ3) is 12.5. The molecule has 0 fully saturated rings. The minimum absolute atomic E-state index is 0.232. The van der Waals surface area contributed by atoms with Gasteiger partial charge < -0.3 is 30.2 Å². The average Bonchev–Trinajstić information content (AvgIpc) is 2.88. The first-order chi connectivity index (χ1) is 18.0. The van der Waals surface area contributed by atoms with E-state index in [1.165, 1.54) is 0 Å². The Kier molecular flexibility index (Phi) is 11.8. The van der Waals surface area contributed by atoms with Crippen LogP contribution in [0.3, 0.4) is 0 Å². The molecule has 0 saturated heterocycles. The Labute approximate surface area is 221 Å². The topological polar surface area (TPSA) is 149 Å². The third-order valence-electron chi connectivity index (χ3n) is 4.72. The van der Waals surface area contributed by atoms with Gasteiger partial charge in [-0.1, -0.05) is 60.7 Å². The first kappa shape index (κ1) is 29.8. The first-order valence-corrected chi connectivity index (χ1v) is 11.9. The van der Waals surface area contributed by atoms with E-state index in [9.17, 15) is 24.0 Å². The Morgan fingerprint density at radius 1 is 0.737 bits per heavy atom. The summed E-state index contributed by atoms with van der Waals surface area (Å²) in [6, 6.07) is 16.8. The molecule has 11 nitrogen and oxygen atoms in total. The van der Waals surface area contributed by atoms with Crippen LogP contribution in [0.4, 0.5) is 4.79 Å². The molecule has 0 bridgehead atoms. The molecule has 3 amide bonds. The molecule has 0 aliphatic heterocycles. The lowest BCUT2D eigenvalue weighted by Gasteiger charge is -2.22. The molecule has 2 aromatic carbocycles. The Bertz CT molecular complexity index is 1080. The molecule has 11 heteroatoms. The summed E-state index contributed by atoms with van der Waals surface area (Å²) < 4.78 is 15.1. The highest BCUT2D eigenvalue weighted by Crippen LogP contribution is 2.08. The van der Waals surface area contributed by atoms with Gasteiger partial charge in [0.05, 0.1) is 6.42 Å². The van der Waals surface area contributed by atoms with E-state index in [1.807, 2.05) is 60.7 Å². The molecule has 204 valence electrons. The second-order valence-corrected chi connectivity index (χ2v) is 9.20. The van der Waals surface area contributed by atoms with Crippen LogP contribution >= 0.6 is 0 Å². The molecule has 1 atom stereocenters. The molecule has 2 aromatic rings. The second-order valence-electron chi connectivity index (χ2n) is 9.20. The predicted molar refractivity (Wildman–Crippen MR) is 136 cm³/mol. The largest absolute Gasteiger partial charge is 0.456 e. The van der Waals surface area contributed by atoms with E-state index in [1.54, 1.807) is 20.8 Å². The molecule has 1 unspecified atom stereocenters. The lowest BCUT2D eigenvalue weighted by atomic mass is 10.2. The van der Waals surface area contributed by atoms with Crippen molar-refractivity contribution in [2.24, 2.45) is 0 Å². The van der Waals surface area contributed by atoms with Crippen molar-refractivity contribution in [1.29, 1.82) is 0 Å². The molecular weight excluding hydrogens is 494 g/mol. The average molecular weight is 528 g/mol. The minimum atomic E-state index is -1.51. The highest BCUT2D eigenvalue weighted by molar-refractivity contribution is 5.88. The van der Waals surface area contributed by atoms with E-state index in [4.69, 9.17) is 14.2 Å². The molecule has 0 aliphatic carbocycles. The van der Waals surface area contributed by atoms with Crippen LogP contribution in [0.25, 0.3) is 0 Å². The molecule has 38 heavy (non-hydrogen) atoms. The highest BCUT2D eigenvalue weighted by Gasteiger charge is 2.29. The van der Waals surface area contributed by atoms with Crippen LogP contribution in [0.2, 0.25) is 0 Å². The normalized spacial score (nSPS) is 11.4. The summed E-state index contributed by atoms with van der Waals surface area (Å²) in [6.45, 7) is 4.14. The number of nitrogens with one attached hydrogen (secondary N) is 3. The fourth-order valence-electron chi connectivity index (χ4n) is 2.95. The number of hydrogen-bond donors (Lipinski definition) is 3. The van der Waals surface area contributed by atoms with E-state index in [-0.39, 0.29) is 13.1 Å². The molecule has 0 radical (unpaired) electrons. The molecule has 0 spiro atoms. The fourth-order valence-corrected chi connectivity index (χ4v) is 2.95. The maximum absolute atomic E-state index is 12.6. The number of benzene rings is 2. The number of rotatable bonds is 12. The lowest BCUT2D eigenvalue weighted by molar-refractivity contribution is -0.155. The molecule has 0 aliphatic rings. The van der Waals surface area contributed by atoms with Gasteiger partial charge in [0.25, 0.3) is 11.8 Å². The molecule has 0 heterocycles. The number of esters is 2. The van der Waals surface area contributed by atoms with Crippen LogP contribution in [-0.4, -0.2) is 54.7 Å². The van der Waals surface area contributed by atoms with Gasteiger partial charge in [-0.05, 0) is 31.9 Å². The van der Waals surface area contributed by atoms with Gasteiger partial charge in [0.1, 0.15) is 11.6 Å². The van der Waals surface area contributed by atoms with E-state index in [2.05, 4.69) is 16.0 Å². The van der Waals surface area contributed by atoms with Gasteiger partial charge in [-0.15, -0.1) is 0 Å². The van der Waals surface area contributed by atoms with Crippen molar-refractivity contribution in [2.75, 3.05) is 13.2 Å². The summed E-state index contributed by atoms with van der Waals surface area (Å²) >= 11 is 0. The zero-order valence-electron chi connectivity index (χ0n) is 21.7. The molecule has 0 aromatic heterocycles. The van der Waals surface area contributed by atoms with Gasteiger partial charge in [0.15, 0.2) is 13.2 Å². The highest BCUT2D eigenvalue weighted by atomic mass is 16.6. The standard InChI is InChI=1S/C27H33N3O8/c1-27(2,3)38-26(35)30-21(25(34)37-18-23(32)29-16-20-12-8-5-9-13-20)14-24(33)36-17-22(31)28-15-19-10-6-4-7-11-19/h4-13,21H,14-18H2,1-3H3,(H,28,31)(H,29,32)(H,30,35). The third-order valence-corrected chi connectivity index (χ3v) is 4.72. The summed E-state index contributed by atoms with van der Waals surface area (Å²) in [5, 5.41) is 7.45. The zero-order chi connectivity index (χ0) is 28.0. The summed E-state index contributed by atoms with van der Waals surface area (Å²) in [5.74, 6) is -3.10. The molecule has 3 N–H and O–H groups in total. The predicted octanol–water partition coefficient (Wildman–Crippen LogP) is 1.99. The smallest absolute Gasteiger partial charge is 0.408 e. The molecular formula is C27H33N3O8. The maximum atomic E-state index is 12.6. The van der Waals surface area contributed by atoms with Gasteiger partial charge >= 0.3 is 18.0 Å². The van der Waals surface area contributed by atoms with Gasteiger partial charge in [-0.3, -0.25) is 14.4 Å². The summed E-state index contributed by atoms with van der Waals surface area (Å²) in [6.07, 6.45) is -1.61. The summed E-state index contributed by atoms with van der Waals surface area (Å²) in [5.41, 5.74) is 0.851. The van der Waals surface area contributed by atoms with Crippen molar-refractivity contribution in [3.63, 3.8) is 0 Å². The van der Waals surface area contributed by atoms with Crippen molar-refractivity contribution in [1.82, 2.24) is 16.0 Å².